The minimum atomic E-state index is -0.507. The molecule has 0 aliphatic heterocycles. The van der Waals surface area contributed by atoms with Crippen molar-refractivity contribution in [1.29, 1.82) is 0 Å². The zero-order valence-electron chi connectivity index (χ0n) is 9.12. The number of likely N-dealkylation sites (N-methyl/N-ethyl adjacent to an activating group) is 1. The summed E-state index contributed by atoms with van der Waals surface area (Å²) in [5, 5.41) is 0. The van der Waals surface area contributed by atoms with Gasteiger partial charge in [0.15, 0.2) is 0 Å². The van der Waals surface area contributed by atoms with E-state index in [1.807, 2.05) is 11.9 Å². The molecule has 1 amide bonds. The van der Waals surface area contributed by atoms with Gasteiger partial charge >= 0.3 is 0 Å². The molecule has 2 aliphatic rings. The summed E-state index contributed by atoms with van der Waals surface area (Å²) < 4.78 is 0. The first-order valence-electron chi connectivity index (χ1n) is 5.57. The van der Waals surface area contributed by atoms with Crippen molar-refractivity contribution in [3.05, 3.63) is 0 Å². The fourth-order valence-electron chi connectivity index (χ4n) is 2.24. The van der Waals surface area contributed by atoms with Crippen LogP contribution in [0.3, 0.4) is 0 Å². The summed E-state index contributed by atoms with van der Waals surface area (Å²) in [6.45, 7) is 3.14. The van der Waals surface area contributed by atoms with Crippen molar-refractivity contribution in [3.63, 3.8) is 0 Å². The third-order valence-electron chi connectivity index (χ3n) is 3.80. The van der Waals surface area contributed by atoms with Crippen LogP contribution >= 0.6 is 0 Å². The van der Waals surface area contributed by atoms with Gasteiger partial charge in [0.05, 0.1) is 5.54 Å². The van der Waals surface area contributed by atoms with E-state index in [2.05, 4.69) is 6.92 Å². The fourth-order valence-corrected chi connectivity index (χ4v) is 2.24. The number of nitrogens with zero attached hydrogens (tertiary/aromatic N) is 1. The number of amides is 1. The van der Waals surface area contributed by atoms with Gasteiger partial charge < -0.3 is 10.6 Å². The topological polar surface area (TPSA) is 46.3 Å². The van der Waals surface area contributed by atoms with E-state index >= 15 is 0 Å². The maximum Gasteiger partial charge on any atom is 0.242 e. The maximum absolute atomic E-state index is 11.9. The maximum atomic E-state index is 11.9. The molecule has 0 heterocycles. The summed E-state index contributed by atoms with van der Waals surface area (Å²) in [5.41, 5.74) is 5.48. The summed E-state index contributed by atoms with van der Waals surface area (Å²) in [5.74, 6) is 1.69. The van der Waals surface area contributed by atoms with E-state index in [9.17, 15) is 4.79 Å². The Hall–Kier alpha value is -0.570. The highest BCUT2D eigenvalue weighted by Gasteiger charge is 2.43. The highest BCUT2D eigenvalue weighted by atomic mass is 16.2. The lowest BCUT2D eigenvalue weighted by Gasteiger charge is -2.39. The van der Waals surface area contributed by atoms with Gasteiger partial charge in [-0.05, 0) is 37.5 Å². The van der Waals surface area contributed by atoms with Crippen molar-refractivity contribution < 1.29 is 4.79 Å². The third-order valence-corrected chi connectivity index (χ3v) is 3.80. The number of nitrogens with two attached hydrogens (primary N) is 1. The largest absolute Gasteiger partial charge is 0.344 e. The number of hydrogen-bond donors (Lipinski definition) is 1. The monoisotopic (exact) mass is 196 g/mol. The molecule has 80 valence electrons. The minimum Gasteiger partial charge on any atom is -0.344 e. The van der Waals surface area contributed by atoms with Crippen LogP contribution in [-0.4, -0.2) is 29.9 Å². The van der Waals surface area contributed by atoms with Crippen molar-refractivity contribution in [2.24, 2.45) is 17.6 Å². The molecule has 3 nitrogen and oxygen atoms in total. The molecule has 2 N–H and O–H groups in total. The second-order valence-electron chi connectivity index (χ2n) is 5.17. The second-order valence-corrected chi connectivity index (χ2v) is 5.17. The Balaban J connectivity index is 1.84. The molecule has 2 fully saturated rings. The molecule has 0 radical (unpaired) electrons. The normalized spacial score (nSPS) is 33.4. The van der Waals surface area contributed by atoms with Gasteiger partial charge in [-0.15, -0.1) is 0 Å². The van der Waals surface area contributed by atoms with Crippen LogP contribution in [0.1, 0.15) is 32.6 Å². The van der Waals surface area contributed by atoms with Crippen LogP contribution in [-0.2, 0) is 4.79 Å². The molecule has 0 spiro atoms. The Morgan fingerprint density at radius 1 is 1.57 bits per heavy atom. The van der Waals surface area contributed by atoms with Crippen LogP contribution in [0.5, 0.6) is 0 Å². The Kier molecular flexibility index (Phi) is 2.30. The average molecular weight is 196 g/mol. The molecule has 2 aliphatic carbocycles. The molecule has 2 unspecified atom stereocenters. The minimum absolute atomic E-state index is 0.155. The number of hydrogen-bond acceptors (Lipinski definition) is 2. The third kappa shape index (κ3) is 1.65. The molecule has 0 aromatic rings. The highest BCUT2D eigenvalue weighted by molar-refractivity contribution is 5.86. The van der Waals surface area contributed by atoms with E-state index < -0.39 is 5.54 Å². The van der Waals surface area contributed by atoms with Gasteiger partial charge in [0.25, 0.3) is 0 Å². The van der Waals surface area contributed by atoms with E-state index in [4.69, 9.17) is 5.73 Å². The van der Waals surface area contributed by atoms with Gasteiger partial charge in [0.1, 0.15) is 0 Å². The molecule has 2 rings (SSSR count). The van der Waals surface area contributed by atoms with Crippen LogP contribution in [0.25, 0.3) is 0 Å². The lowest BCUT2D eigenvalue weighted by molar-refractivity contribution is -0.139. The molecule has 14 heavy (non-hydrogen) atoms. The van der Waals surface area contributed by atoms with Crippen LogP contribution in [0.2, 0.25) is 0 Å². The Labute approximate surface area is 85.6 Å². The molecule has 0 aromatic carbocycles. The number of carbonyl (C=O) groups is 1. The zero-order chi connectivity index (χ0) is 10.3. The standard InChI is InChI=1S/C11H20N2O/c1-8-6-9(8)7-13(2)10(14)11(12)4-3-5-11/h8-9H,3-7,12H2,1-2H3. The van der Waals surface area contributed by atoms with Crippen LogP contribution in [0, 0.1) is 11.8 Å². The number of rotatable bonds is 3. The van der Waals surface area contributed by atoms with Gasteiger partial charge in [-0.25, -0.2) is 0 Å². The summed E-state index contributed by atoms with van der Waals surface area (Å²) in [6.07, 6.45) is 4.12. The van der Waals surface area contributed by atoms with Crippen LogP contribution in [0.15, 0.2) is 0 Å². The predicted molar refractivity (Wildman–Crippen MR) is 55.7 cm³/mol. The smallest absolute Gasteiger partial charge is 0.242 e. The van der Waals surface area contributed by atoms with Gasteiger partial charge in [-0.2, -0.15) is 0 Å². The van der Waals surface area contributed by atoms with Gasteiger partial charge in [-0.3, -0.25) is 4.79 Å². The fraction of sp³-hybridized carbons (Fsp3) is 0.909. The average Bonchev–Trinajstić information content (AvgIpc) is 2.76. The molecular formula is C11H20N2O. The summed E-state index contributed by atoms with van der Waals surface area (Å²) in [4.78, 5) is 13.8. The Morgan fingerprint density at radius 3 is 2.50 bits per heavy atom. The van der Waals surface area contributed by atoms with E-state index in [0.29, 0.717) is 0 Å². The van der Waals surface area contributed by atoms with Crippen molar-refractivity contribution in [3.8, 4) is 0 Å². The van der Waals surface area contributed by atoms with Gasteiger partial charge in [-0.1, -0.05) is 6.92 Å². The van der Waals surface area contributed by atoms with Crippen molar-refractivity contribution in [2.45, 2.75) is 38.1 Å². The van der Waals surface area contributed by atoms with E-state index in [-0.39, 0.29) is 5.91 Å². The first-order chi connectivity index (χ1) is 6.53. The Bertz CT molecular complexity index is 248. The van der Waals surface area contributed by atoms with Crippen LogP contribution in [0.4, 0.5) is 0 Å². The molecule has 3 heteroatoms. The first-order valence-corrected chi connectivity index (χ1v) is 5.57. The first kappa shape index (κ1) is 9.97. The lowest BCUT2D eigenvalue weighted by atomic mass is 9.76. The molecule has 0 bridgehead atoms. The van der Waals surface area contributed by atoms with E-state index in [0.717, 1.165) is 37.6 Å². The van der Waals surface area contributed by atoms with Crippen molar-refractivity contribution in [2.75, 3.05) is 13.6 Å². The molecular weight excluding hydrogens is 176 g/mol. The Morgan fingerprint density at radius 2 is 2.14 bits per heavy atom. The molecule has 0 saturated heterocycles. The van der Waals surface area contributed by atoms with Gasteiger partial charge in [0, 0.05) is 13.6 Å². The quantitative estimate of drug-likeness (QED) is 0.731. The van der Waals surface area contributed by atoms with Crippen LogP contribution < -0.4 is 5.73 Å². The van der Waals surface area contributed by atoms with Crippen molar-refractivity contribution >= 4 is 5.91 Å². The summed E-state index contributed by atoms with van der Waals surface area (Å²) in [7, 11) is 1.89. The summed E-state index contributed by atoms with van der Waals surface area (Å²) in [6, 6.07) is 0. The lowest BCUT2D eigenvalue weighted by Crippen LogP contribution is -2.59. The predicted octanol–water partition coefficient (Wildman–Crippen LogP) is 0.982. The SMILES string of the molecule is CC1CC1CN(C)C(=O)C1(N)CCC1. The summed E-state index contributed by atoms with van der Waals surface area (Å²) >= 11 is 0. The van der Waals surface area contributed by atoms with E-state index in [1.165, 1.54) is 6.42 Å². The number of carbonyl (C=O) groups excluding carboxylic acids is 1. The zero-order valence-corrected chi connectivity index (χ0v) is 9.12. The van der Waals surface area contributed by atoms with Crippen molar-refractivity contribution in [1.82, 2.24) is 4.90 Å². The van der Waals surface area contributed by atoms with E-state index in [1.54, 1.807) is 0 Å². The molecule has 0 aromatic heterocycles. The highest BCUT2D eigenvalue weighted by Crippen LogP contribution is 2.39. The van der Waals surface area contributed by atoms with Gasteiger partial charge in [0.2, 0.25) is 5.91 Å². The second kappa shape index (κ2) is 3.23. The molecule has 2 saturated carbocycles. The molecule has 2 atom stereocenters.